The van der Waals surface area contributed by atoms with Gasteiger partial charge in [0.05, 0.1) is 13.2 Å². The van der Waals surface area contributed by atoms with Crippen LogP contribution in [0.5, 0.6) is 0 Å². The van der Waals surface area contributed by atoms with E-state index < -0.39 is 0 Å². The predicted molar refractivity (Wildman–Crippen MR) is 81.8 cm³/mol. The molecule has 1 aliphatic heterocycles. The quantitative estimate of drug-likeness (QED) is 0.832. The van der Waals surface area contributed by atoms with Gasteiger partial charge in [-0.1, -0.05) is 13.0 Å². The number of hydrogen-bond acceptors (Lipinski definition) is 4. The Morgan fingerprint density at radius 3 is 3.05 bits per heavy atom. The first-order valence-electron chi connectivity index (χ1n) is 7.27. The Hall–Kier alpha value is -0.420. The largest absolute Gasteiger partial charge is 0.379 e. The van der Waals surface area contributed by atoms with Crippen LogP contribution in [-0.2, 0) is 4.74 Å². The van der Waals surface area contributed by atoms with E-state index >= 15 is 0 Å². The fourth-order valence-electron chi connectivity index (χ4n) is 2.61. The molecule has 0 aromatic carbocycles. The maximum Gasteiger partial charge on any atom is 0.0623 e. The van der Waals surface area contributed by atoms with Crippen LogP contribution in [0.25, 0.3) is 0 Å². The summed E-state index contributed by atoms with van der Waals surface area (Å²) < 4.78 is 5.65. The zero-order chi connectivity index (χ0) is 13.7. The van der Waals surface area contributed by atoms with Crippen molar-refractivity contribution in [3.8, 4) is 0 Å². The monoisotopic (exact) mass is 282 g/mol. The number of nitrogens with zero attached hydrogens (tertiary/aromatic N) is 1. The van der Waals surface area contributed by atoms with E-state index in [1.807, 2.05) is 11.3 Å². The highest BCUT2D eigenvalue weighted by Crippen LogP contribution is 2.25. The zero-order valence-corrected chi connectivity index (χ0v) is 13.1. The summed E-state index contributed by atoms with van der Waals surface area (Å²) in [6.07, 6.45) is 1.19. The van der Waals surface area contributed by atoms with Crippen molar-refractivity contribution < 1.29 is 4.74 Å². The molecule has 0 aliphatic carbocycles. The van der Waals surface area contributed by atoms with Crippen LogP contribution in [0.3, 0.4) is 0 Å². The lowest BCUT2D eigenvalue weighted by molar-refractivity contribution is 0.164. The number of rotatable bonds is 7. The second kappa shape index (κ2) is 7.39. The lowest BCUT2D eigenvalue weighted by Crippen LogP contribution is -2.41. The molecule has 0 amide bonds. The van der Waals surface area contributed by atoms with Crippen molar-refractivity contribution in [1.82, 2.24) is 10.2 Å². The Labute approximate surface area is 121 Å². The van der Waals surface area contributed by atoms with E-state index in [4.69, 9.17) is 4.74 Å². The second-order valence-corrected chi connectivity index (χ2v) is 6.47. The molecule has 4 heteroatoms. The molecule has 1 aromatic heterocycles. The molecule has 19 heavy (non-hydrogen) atoms. The Morgan fingerprint density at radius 2 is 2.37 bits per heavy atom. The molecule has 0 radical (unpaired) electrons. The van der Waals surface area contributed by atoms with Crippen LogP contribution >= 0.6 is 11.3 Å². The first-order chi connectivity index (χ1) is 9.22. The maximum absolute atomic E-state index is 5.65. The van der Waals surface area contributed by atoms with Gasteiger partial charge in [0, 0.05) is 29.4 Å². The third kappa shape index (κ3) is 4.02. The summed E-state index contributed by atoms with van der Waals surface area (Å²) in [5.74, 6) is 0.610. The molecule has 2 heterocycles. The van der Waals surface area contributed by atoms with Gasteiger partial charge in [-0.05, 0) is 38.4 Å². The predicted octanol–water partition coefficient (Wildman–Crippen LogP) is 2.76. The van der Waals surface area contributed by atoms with Crippen molar-refractivity contribution in [2.24, 2.45) is 5.92 Å². The average molecular weight is 282 g/mol. The summed E-state index contributed by atoms with van der Waals surface area (Å²) in [4.78, 5) is 3.89. The normalized spacial score (nSPS) is 25.1. The van der Waals surface area contributed by atoms with Gasteiger partial charge in [0.2, 0.25) is 0 Å². The molecule has 1 aromatic rings. The molecule has 1 N–H and O–H groups in total. The third-order valence-electron chi connectivity index (χ3n) is 3.99. The minimum absolute atomic E-state index is 0.493. The molecule has 1 fully saturated rings. The summed E-state index contributed by atoms with van der Waals surface area (Å²) >= 11 is 1.84. The van der Waals surface area contributed by atoms with Crippen LogP contribution in [0.2, 0.25) is 0 Å². The van der Waals surface area contributed by atoms with Gasteiger partial charge >= 0.3 is 0 Å². The van der Waals surface area contributed by atoms with Crippen LogP contribution in [-0.4, -0.2) is 44.3 Å². The summed E-state index contributed by atoms with van der Waals surface area (Å²) in [5, 5.41) is 5.77. The SMILES string of the molecule is CCCNC1COCC1CN(C)C(C)c1cccs1. The minimum Gasteiger partial charge on any atom is -0.379 e. The summed E-state index contributed by atoms with van der Waals surface area (Å²) in [5.41, 5.74) is 0. The van der Waals surface area contributed by atoms with E-state index in [1.165, 1.54) is 11.3 Å². The second-order valence-electron chi connectivity index (χ2n) is 5.49. The van der Waals surface area contributed by atoms with E-state index in [0.29, 0.717) is 18.0 Å². The fourth-order valence-corrected chi connectivity index (χ4v) is 3.46. The molecule has 0 spiro atoms. The molecular formula is C15H26N2OS. The van der Waals surface area contributed by atoms with Crippen molar-refractivity contribution in [3.63, 3.8) is 0 Å². The molecule has 1 saturated heterocycles. The van der Waals surface area contributed by atoms with Gasteiger partial charge in [-0.25, -0.2) is 0 Å². The molecule has 3 atom stereocenters. The first-order valence-corrected chi connectivity index (χ1v) is 8.15. The molecule has 3 unspecified atom stereocenters. The minimum atomic E-state index is 0.493. The van der Waals surface area contributed by atoms with Crippen LogP contribution in [0.4, 0.5) is 0 Å². The Balaban J connectivity index is 1.85. The lowest BCUT2D eigenvalue weighted by atomic mass is 10.0. The van der Waals surface area contributed by atoms with Crippen molar-refractivity contribution in [2.75, 3.05) is 33.4 Å². The number of nitrogens with one attached hydrogen (secondary N) is 1. The summed E-state index contributed by atoms with van der Waals surface area (Å²) in [6.45, 7) is 8.45. The van der Waals surface area contributed by atoms with E-state index in [9.17, 15) is 0 Å². The van der Waals surface area contributed by atoms with Crippen LogP contribution in [0.1, 0.15) is 31.2 Å². The third-order valence-corrected chi connectivity index (χ3v) is 5.04. The Morgan fingerprint density at radius 1 is 1.53 bits per heavy atom. The number of hydrogen-bond donors (Lipinski definition) is 1. The molecule has 1 aliphatic rings. The highest BCUT2D eigenvalue weighted by atomic mass is 32.1. The van der Waals surface area contributed by atoms with Crippen molar-refractivity contribution >= 4 is 11.3 Å². The van der Waals surface area contributed by atoms with E-state index in [1.54, 1.807) is 0 Å². The van der Waals surface area contributed by atoms with Gasteiger partial charge in [-0.15, -0.1) is 11.3 Å². The summed E-state index contributed by atoms with van der Waals surface area (Å²) in [7, 11) is 2.22. The van der Waals surface area contributed by atoms with E-state index in [2.05, 4.69) is 48.6 Å². The van der Waals surface area contributed by atoms with Crippen LogP contribution < -0.4 is 5.32 Å². The summed E-state index contributed by atoms with van der Waals surface area (Å²) in [6, 6.07) is 5.38. The van der Waals surface area contributed by atoms with Crippen LogP contribution in [0, 0.1) is 5.92 Å². The molecular weight excluding hydrogens is 256 g/mol. The smallest absolute Gasteiger partial charge is 0.0623 e. The maximum atomic E-state index is 5.65. The molecule has 0 bridgehead atoms. The topological polar surface area (TPSA) is 24.5 Å². The first kappa shape index (κ1) is 15.0. The zero-order valence-electron chi connectivity index (χ0n) is 12.3. The van der Waals surface area contributed by atoms with Crippen LogP contribution in [0.15, 0.2) is 17.5 Å². The van der Waals surface area contributed by atoms with Gasteiger partial charge in [0.1, 0.15) is 0 Å². The van der Waals surface area contributed by atoms with Crippen molar-refractivity contribution in [3.05, 3.63) is 22.4 Å². The molecule has 3 nitrogen and oxygen atoms in total. The van der Waals surface area contributed by atoms with Crippen molar-refractivity contribution in [1.29, 1.82) is 0 Å². The standard InChI is InChI=1S/C15H26N2OS/c1-4-7-16-14-11-18-10-13(14)9-17(3)12(2)15-6-5-8-19-15/h5-6,8,12-14,16H,4,7,9-11H2,1-3H3. The van der Waals surface area contributed by atoms with Gasteiger partial charge in [-0.2, -0.15) is 0 Å². The van der Waals surface area contributed by atoms with E-state index in [0.717, 1.165) is 26.3 Å². The lowest BCUT2D eigenvalue weighted by Gasteiger charge is -2.29. The highest BCUT2D eigenvalue weighted by Gasteiger charge is 2.29. The van der Waals surface area contributed by atoms with Gasteiger partial charge in [0.25, 0.3) is 0 Å². The highest BCUT2D eigenvalue weighted by molar-refractivity contribution is 7.10. The van der Waals surface area contributed by atoms with E-state index in [-0.39, 0.29) is 0 Å². The molecule has 108 valence electrons. The van der Waals surface area contributed by atoms with Gasteiger partial charge in [-0.3, -0.25) is 4.90 Å². The average Bonchev–Trinajstić information content (AvgIpc) is 3.07. The van der Waals surface area contributed by atoms with Gasteiger partial charge in [0.15, 0.2) is 0 Å². The van der Waals surface area contributed by atoms with Gasteiger partial charge < -0.3 is 10.1 Å². The fraction of sp³-hybridized carbons (Fsp3) is 0.733. The Bertz CT molecular complexity index is 355. The molecule has 2 rings (SSSR count). The number of thiophene rings is 1. The Kier molecular flexibility index (Phi) is 5.82. The number of ether oxygens (including phenoxy) is 1. The molecule has 0 saturated carbocycles. The van der Waals surface area contributed by atoms with Crippen molar-refractivity contribution in [2.45, 2.75) is 32.4 Å².